The summed E-state index contributed by atoms with van der Waals surface area (Å²) in [6.07, 6.45) is 0.119. The second-order valence-electron chi connectivity index (χ2n) is 6.79. The highest BCUT2D eigenvalue weighted by Crippen LogP contribution is 2.30. The highest BCUT2D eigenvalue weighted by atomic mass is 16.5. The van der Waals surface area contributed by atoms with E-state index in [1.165, 1.54) is 0 Å². The fraction of sp³-hybridized carbons (Fsp3) is 0.238. The van der Waals surface area contributed by atoms with E-state index in [9.17, 15) is 14.4 Å². The zero-order valence-electron chi connectivity index (χ0n) is 15.8. The molecule has 0 spiro atoms. The molecule has 0 bridgehead atoms. The van der Waals surface area contributed by atoms with Gasteiger partial charge in [0.05, 0.1) is 23.6 Å². The largest absolute Gasteiger partial charge is 0.462 e. The number of aromatic amines is 1. The van der Waals surface area contributed by atoms with Crippen molar-refractivity contribution in [2.45, 2.75) is 13.3 Å². The number of amides is 2. The number of carbonyl (C=O) groups excluding carboxylic acids is 3. The quantitative estimate of drug-likeness (QED) is 0.650. The van der Waals surface area contributed by atoms with Crippen molar-refractivity contribution in [2.75, 3.05) is 23.4 Å². The predicted molar refractivity (Wildman–Crippen MR) is 108 cm³/mol. The van der Waals surface area contributed by atoms with Gasteiger partial charge >= 0.3 is 5.97 Å². The number of nitrogens with zero attached hydrogens (tertiary/aromatic N) is 2. The van der Waals surface area contributed by atoms with Crippen LogP contribution >= 0.6 is 0 Å². The maximum absolute atomic E-state index is 12.7. The highest BCUT2D eigenvalue weighted by Gasteiger charge is 2.36. The molecule has 1 aliphatic rings. The number of esters is 1. The summed E-state index contributed by atoms with van der Waals surface area (Å²) in [7, 11) is 0. The third-order valence-electron chi connectivity index (χ3n) is 4.87. The number of fused-ring (bicyclic) bond motifs is 1. The monoisotopic (exact) mass is 392 g/mol. The molecule has 0 saturated carbocycles. The van der Waals surface area contributed by atoms with E-state index in [0.717, 1.165) is 10.9 Å². The molecule has 1 unspecified atom stereocenters. The van der Waals surface area contributed by atoms with Gasteiger partial charge < -0.3 is 10.1 Å². The Kier molecular flexibility index (Phi) is 4.99. The molecule has 2 aromatic carbocycles. The SMILES string of the molecule is CCOC(=O)c1ccc(NC(=O)C2CC(=O)N(c3n[nH]c4ccccc34)C2)cc1. The van der Waals surface area contributed by atoms with Gasteiger partial charge in [0.15, 0.2) is 5.82 Å². The van der Waals surface area contributed by atoms with Gasteiger partial charge in [-0.05, 0) is 43.3 Å². The average molecular weight is 392 g/mol. The van der Waals surface area contributed by atoms with Crippen molar-refractivity contribution in [1.29, 1.82) is 0 Å². The van der Waals surface area contributed by atoms with E-state index in [1.54, 1.807) is 36.1 Å². The van der Waals surface area contributed by atoms with Gasteiger partial charge in [-0.25, -0.2) is 4.79 Å². The Balaban J connectivity index is 1.44. The van der Waals surface area contributed by atoms with E-state index in [0.29, 0.717) is 23.7 Å². The van der Waals surface area contributed by atoms with Crippen LogP contribution in [0.2, 0.25) is 0 Å². The molecule has 29 heavy (non-hydrogen) atoms. The molecular formula is C21H20N4O4. The molecule has 8 heteroatoms. The molecule has 2 N–H and O–H groups in total. The number of aromatic nitrogens is 2. The Morgan fingerprint density at radius 2 is 1.97 bits per heavy atom. The number of hydrogen-bond donors (Lipinski definition) is 2. The summed E-state index contributed by atoms with van der Waals surface area (Å²) in [4.78, 5) is 38.4. The first-order valence-electron chi connectivity index (χ1n) is 9.38. The number of ether oxygens (including phenoxy) is 1. The minimum absolute atomic E-state index is 0.119. The molecule has 0 aliphatic carbocycles. The lowest BCUT2D eigenvalue weighted by atomic mass is 10.1. The Morgan fingerprint density at radius 1 is 1.21 bits per heavy atom. The maximum Gasteiger partial charge on any atom is 0.338 e. The molecule has 2 heterocycles. The highest BCUT2D eigenvalue weighted by molar-refractivity contribution is 6.07. The molecular weight excluding hydrogens is 372 g/mol. The van der Waals surface area contributed by atoms with Crippen LogP contribution in [-0.2, 0) is 14.3 Å². The molecule has 1 atom stereocenters. The lowest BCUT2D eigenvalue weighted by Gasteiger charge is -2.14. The summed E-state index contributed by atoms with van der Waals surface area (Å²) in [5, 5.41) is 10.8. The maximum atomic E-state index is 12.7. The molecule has 1 aliphatic heterocycles. The Hall–Kier alpha value is -3.68. The van der Waals surface area contributed by atoms with Crippen LogP contribution in [0.3, 0.4) is 0 Å². The first-order chi connectivity index (χ1) is 14.1. The first-order valence-corrected chi connectivity index (χ1v) is 9.38. The van der Waals surface area contributed by atoms with Gasteiger partial charge in [-0.15, -0.1) is 0 Å². The minimum atomic E-state index is -0.484. The van der Waals surface area contributed by atoms with Crippen molar-refractivity contribution < 1.29 is 19.1 Å². The van der Waals surface area contributed by atoms with Gasteiger partial charge in [0.25, 0.3) is 0 Å². The molecule has 2 amide bonds. The molecule has 1 saturated heterocycles. The summed E-state index contributed by atoms with van der Waals surface area (Å²) < 4.78 is 4.94. The summed E-state index contributed by atoms with van der Waals surface area (Å²) in [5.74, 6) is -0.735. The van der Waals surface area contributed by atoms with Crippen molar-refractivity contribution in [3.63, 3.8) is 0 Å². The second-order valence-corrected chi connectivity index (χ2v) is 6.79. The van der Waals surface area contributed by atoms with E-state index in [-0.39, 0.29) is 24.8 Å². The zero-order chi connectivity index (χ0) is 20.4. The molecule has 0 radical (unpaired) electrons. The predicted octanol–water partition coefficient (Wildman–Crippen LogP) is 2.73. The van der Waals surface area contributed by atoms with E-state index < -0.39 is 11.9 Å². The first kappa shape index (κ1) is 18.7. The van der Waals surface area contributed by atoms with Crippen LogP contribution in [0.25, 0.3) is 10.9 Å². The summed E-state index contributed by atoms with van der Waals surface area (Å²) in [6.45, 7) is 2.31. The Bertz CT molecular complexity index is 1070. The van der Waals surface area contributed by atoms with Gasteiger partial charge in [0, 0.05) is 24.0 Å². The normalized spacial score (nSPS) is 16.2. The average Bonchev–Trinajstić information content (AvgIpc) is 3.32. The number of anilines is 2. The van der Waals surface area contributed by atoms with Crippen LogP contribution in [0.15, 0.2) is 48.5 Å². The molecule has 8 nitrogen and oxygen atoms in total. The van der Waals surface area contributed by atoms with Crippen LogP contribution in [0.5, 0.6) is 0 Å². The smallest absolute Gasteiger partial charge is 0.338 e. The van der Waals surface area contributed by atoms with Crippen LogP contribution in [0.4, 0.5) is 11.5 Å². The fourth-order valence-corrected chi connectivity index (χ4v) is 3.39. The summed E-state index contributed by atoms with van der Waals surface area (Å²) >= 11 is 0. The number of carbonyl (C=O) groups is 3. The standard InChI is InChI=1S/C21H20N4O4/c1-2-29-21(28)13-7-9-15(10-8-13)22-20(27)14-11-18(26)25(12-14)19-16-5-3-4-6-17(16)23-24-19/h3-10,14H,2,11-12H2,1H3,(H,22,27)(H,23,24). The number of nitrogens with one attached hydrogen (secondary N) is 2. The van der Waals surface area contributed by atoms with Crippen molar-refractivity contribution >= 4 is 40.2 Å². The Morgan fingerprint density at radius 3 is 2.72 bits per heavy atom. The van der Waals surface area contributed by atoms with E-state index in [2.05, 4.69) is 15.5 Å². The van der Waals surface area contributed by atoms with Crippen LogP contribution in [0, 0.1) is 5.92 Å². The van der Waals surface area contributed by atoms with Crippen molar-refractivity contribution in [3.8, 4) is 0 Å². The van der Waals surface area contributed by atoms with E-state index in [4.69, 9.17) is 4.74 Å². The van der Waals surface area contributed by atoms with Gasteiger partial charge in [0.1, 0.15) is 0 Å². The lowest BCUT2D eigenvalue weighted by Crippen LogP contribution is -2.28. The van der Waals surface area contributed by atoms with E-state index >= 15 is 0 Å². The molecule has 3 aromatic rings. The summed E-state index contributed by atoms with van der Waals surface area (Å²) in [6, 6.07) is 14.0. The second kappa shape index (κ2) is 7.75. The van der Waals surface area contributed by atoms with Gasteiger partial charge in [-0.1, -0.05) is 12.1 Å². The number of H-pyrrole nitrogens is 1. The van der Waals surface area contributed by atoms with Crippen LogP contribution < -0.4 is 10.2 Å². The summed E-state index contributed by atoms with van der Waals surface area (Å²) in [5.41, 5.74) is 1.81. The number of rotatable bonds is 5. The number of para-hydroxylation sites is 1. The van der Waals surface area contributed by atoms with Crippen molar-refractivity contribution in [2.24, 2.45) is 5.92 Å². The zero-order valence-corrected chi connectivity index (χ0v) is 15.8. The third kappa shape index (κ3) is 3.69. The molecule has 1 aromatic heterocycles. The van der Waals surface area contributed by atoms with Gasteiger partial charge in [-0.2, -0.15) is 5.10 Å². The number of hydrogen-bond acceptors (Lipinski definition) is 5. The molecule has 1 fully saturated rings. The number of benzene rings is 2. The van der Waals surface area contributed by atoms with Crippen LogP contribution in [0.1, 0.15) is 23.7 Å². The van der Waals surface area contributed by atoms with Gasteiger partial charge in [0.2, 0.25) is 11.8 Å². The van der Waals surface area contributed by atoms with E-state index in [1.807, 2.05) is 24.3 Å². The third-order valence-corrected chi connectivity index (χ3v) is 4.87. The van der Waals surface area contributed by atoms with Gasteiger partial charge in [-0.3, -0.25) is 19.6 Å². The van der Waals surface area contributed by atoms with Crippen molar-refractivity contribution in [3.05, 3.63) is 54.1 Å². The lowest BCUT2D eigenvalue weighted by molar-refractivity contribution is -0.122. The Labute approximate surface area is 166 Å². The van der Waals surface area contributed by atoms with Crippen LogP contribution in [-0.4, -0.2) is 41.1 Å². The molecule has 4 rings (SSSR count). The topological polar surface area (TPSA) is 104 Å². The minimum Gasteiger partial charge on any atom is -0.462 e. The van der Waals surface area contributed by atoms with Crippen molar-refractivity contribution in [1.82, 2.24) is 10.2 Å². The fourth-order valence-electron chi connectivity index (χ4n) is 3.39. The molecule has 148 valence electrons.